The minimum Gasteiger partial charge on any atom is -0.456 e. The Bertz CT molecular complexity index is 2850. The number of esters is 4. The first-order valence-electron chi connectivity index (χ1n) is 36.2. The van der Waals surface area contributed by atoms with Crippen molar-refractivity contribution in [2.24, 2.45) is 17.8 Å². The number of carbonyl (C=O) groups excluding carboxylic acids is 4. The first-order valence-corrected chi connectivity index (χ1v) is 38.5. The number of methoxy groups -OCH3 is 3. The number of hydrogen-bond donors (Lipinski definition) is 16. The fraction of sp³-hybridized carbons (Fsp3) is 0.910. The molecule has 8 heterocycles. The standard InChI is InChI=1S/C67H110O42S2/c1-25(2)57(84)105-53-38(70)29(16-88-7)99-63(48(53)80)94-18-31-36(68)43(75)45(77)62(101-31)93-21-34-41(73)54(106-58(85)26(3)4)49(81)65(102-34)97-22-35-42(74)56-51(83)66(103-35)96-20-33-40(72)52(47(79)61(90-9)98-33)107-59(86)27(5)23-110-14-12-91-10-11-92-13-15-111-24-28(6)60(87)108-55-39(71)30(17-89-8)100-64(50(55)82)95-19-32-37(69)44(76)46(78)67(104-32)109-56/h26-56,61-83H,1,10-24H2,2-9H3/t27?,28?,29?,30?,31?,32?,33?,34?,35?,36-,37-,38-,39-,40-,41-,42-,43+,44+,45?,46?,47?,48?,49?,50?,51?,52+,53+,54+,55+,56+,61+,62+,63+,64+,65+,66+,67-/m1/s1. The van der Waals surface area contributed by atoms with Gasteiger partial charge >= 0.3 is 23.9 Å². The molecule has 111 heavy (non-hydrogen) atoms. The summed E-state index contributed by atoms with van der Waals surface area (Å²) in [4.78, 5) is 52.8. The summed E-state index contributed by atoms with van der Waals surface area (Å²) in [5.74, 6) is -4.73. The molecule has 16 N–H and O–H groups in total. The Morgan fingerprint density at radius 2 is 0.856 bits per heavy atom. The van der Waals surface area contributed by atoms with E-state index in [1.807, 2.05) is 0 Å². The van der Waals surface area contributed by atoms with E-state index in [1.54, 1.807) is 13.8 Å². The Labute approximate surface area is 646 Å². The van der Waals surface area contributed by atoms with Crippen LogP contribution in [-0.2, 0) is 123 Å². The van der Waals surface area contributed by atoms with Crippen molar-refractivity contribution in [3.05, 3.63) is 12.2 Å². The molecule has 0 saturated carbocycles. The molecular formula is C67H110O42S2. The SMILES string of the molecule is C=C(C)C(=O)O[C@@H]1C(O)[C@@H](OCC2O[C@H](OCC3O[C@H](OCC4O[C@@H]5OCC6O[C@H](OC)C(O)[C@@H](OC(=O)C(C)CSCCOCCOCCSCC(C)C(=O)O[C@@H]7C(O)[C@@H](OCC8O[C@H](O[C@H](C5O)[C@@H]4O)C(O)[C@@H](O)[C@@H]8O)OC(COC)[C@H]7O)[C@@H]6O)C(O)[C@@H](OC(=O)C(C)C)[C@@H]3O)C(O)[C@@H](O)[C@@H]2O)OC(COC)[C@H]1O. The molecular weight excluding hydrogens is 1540 g/mol. The molecule has 8 aliphatic heterocycles. The first kappa shape index (κ1) is 93.5. The largest absolute Gasteiger partial charge is 0.456 e. The van der Waals surface area contributed by atoms with Gasteiger partial charge in [-0.15, -0.1) is 0 Å². The van der Waals surface area contributed by atoms with Gasteiger partial charge in [0.05, 0.1) is 90.4 Å². The van der Waals surface area contributed by atoms with Crippen LogP contribution in [0.4, 0.5) is 0 Å². The Hall–Kier alpha value is -3.04. The summed E-state index contributed by atoms with van der Waals surface area (Å²) >= 11 is 2.71. The van der Waals surface area contributed by atoms with Gasteiger partial charge in [-0.2, -0.15) is 23.5 Å². The topological polar surface area (TPSA) is 595 Å². The van der Waals surface area contributed by atoms with Gasteiger partial charge in [0.1, 0.15) is 146 Å². The average Bonchev–Trinajstić information content (AvgIpc) is 0.778. The lowest BCUT2D eigenvalue weighted by atomic mass is 9.96. The van der Waals surface area contributed by atoms with Gasteiger partial charge < -0.3 is 186 Å². The van der Waals surface area contributed by atoms with E-state index in [0.29, 0.717) is 18.1 Å². The van der Waals surface area contributed by atoms with E-state index in [1.165, 1.54) is 58.5 Å². The van der Waals surface area contributed by atoms with Crippen molar-refractivity contribution in [2.45, 2.75) is 250 Å². The molecule has 8 rings (SSSR count). The zero-order valence-corrected chi connectivity index (χ0v) is 64.0. The quantitative estimate of drug-likeness (QED) is 0.0344. The highest BCUT2D eigenvalue weighted by molar-refractivity contribution is 7.99. The third kappa shape index (κ3) is 24.1. The predicted molar refractivity (Wildman–Crippen MR) is 366 cm³/mol. The maximum atomic E-state index is 13.6. The van der Waals surface area contributed by atoms with Gasteiger partial charge in [-0.25, -0.2) is 4.79 Å². The molecule has 16 unspecified atom stereocenters. The molecule has 8 bridgehead atoms. The summed E-state index contributed by atoms with van der Waals surface area (Å²) in [5, 5.41) is 184. The number of rotatable bonds is 18. The highest BCUT2D eigenvalue weighted by Gasteiger charge is 2.57. The molecule has 44 heteroatoms. The van der Waals surface area contributed by atoms with Crippen LogP contribution in [0.2, 0.25) is 0 Å². The Morgan fingerprint density at radius 3 is 1.34 bits per heavy atom. The van der Waals surface area contributed by atoms with Crippen LogP contribution in [0, 0.1) is 17.8 Å². The summed E-state index contributed by atoms with van der Waals surface area (Å²) in [6.07, 6.45) is -66.0. The van der Waals surface area contributed by atoms with E-state index >= 15 is 0 Å². The van der Waals surface area contributed by atoms with E-state index in [4.69, 9.17) is 104 Å². The van der Waals surface area contributed by atoms with Crippen molar-refractivity contribution in [2.75, 3.05) is 117 Å². The number of aliphatic hydroxyl groups excluding tert-OH is 16. The van der Waals surface area contributed by atoms with E-state index in [9.17, 15) is 101 Å². The summed E-state index contributed by atoms with van der Waals surface area (Å²) in [7, 11) is 3.68. The number of carbonyl (C=O) groups is 4. The van der Waals surface area contributed by atoms with Crippen LogP contribution < -0.4 is 0 Å². The predicted octanol–water partition coefficient (Wildman–Crippen LogP) is -9.09. The summed E-state index contributed by atoms with van der Waals surface area (Å²) in [5.41, 5.74) is -0.0802. The average molecular weight is 1650 g/mol. The molecule has 0 aromatic carbocycles. The Kier molecular flexibility index (Phi) is 37.2. The molecule has 37 atom stereocenters. The molecule has 0 aromatic rings. The van der Waals surface area contributed by atoms with Crippen molar-refractivity contribution in [1.82, 2.24) is 0 Å². The molecule has 0 radical (unpaired) electrons. The smallest absolute Gasteiger partial charge is 0.333 e. The minimum atomic E-state index is -2.25. The van der Waals surface area contributed by atoms with Gasteiger partial charge in [0.25, 0.3) is 0 Å². The fourth-order valence-electron chi connectivity index (χ4n) is 12.7. The fourth-order valence-corrected chi connectivity index (χ4v) is 14.4. The van der Waals surface area contributed by atoms with Gasteiger partial charge in [0.15, 0.2) is 68.4 Å². The lowest BCUT2D eigenvalue weighted by Gasteiger charge is -2.47. The summed E-state index contributed by atoms with van der Waals surface area (Å²) in [6, 6.07) is 0. The second kappa shape index (κ2) is 44.1. The molecule has 642 valence electrons. The Balaban J connectivity index is 1.03. The normalized spacial score (nSPS) is 44.9. The van der Waals surface area contributed by atoms with Gasteiger partial charge in [-0.1, -0.05) is 34.3 Å². The number of ether oxygens (including phenoxy) is 22. The van der Waals surface area contributed by atoms with Gasteiger partial charge in [-0.05, 0) is 6.92 Å². The molecule has 8 fully saturated rings. The maximum absolute atomic E-state index is 13.6. The van der Waals surface area contributed by atoms with Crippen LogP contribution in [0.25, 0.3) is 0 Å². The van der Waals surface area contributed by atoms with Gasteiger partial charge in [0, 0.05) is 49.9 Å². The lowest BCUT2D eigenvalue weighted by molar-refractivity contribution is -0.375. The van der Waals surface area contributed by atoms with Crippen molar-refractivity contribution in [3.8, 4) is 0 Å². The van der Waals surface area contributed by atoms with E-state index in [2.05, 4.69) is 6.58 Å². The van der Waals surface area contributed by atoms with E-state index in [-0.39, 0.29) is 50.1 Å². The van der Waals surface area contributed by atoms with Crippen molar-refractivity contribution >= 4 is 47.4 Å². The van der Waals surface area contributed by atoms with Gasteiger partial charge in [-0.3, -0.25) is 14.4 Å². The molecule has 0 aromatic heterocycles. The van der Waals surface area contributed by atoms with Crippen LogP contribution in [0.1, 0.15) is 34.6 Å². The van der Waals surface area contributed by atoms with E-state index < -0.39 is 290 Å². The third-order valence-electron chi connectivity index (χ3n) is 19.3. The number of thioether (sulfide) groups is 2. The highest BCUT2D eigenvalue weighted by atomic mass is 32.2. The van der Waals surface area contributed by atoms with Crippen molar-refractivity contribution < 1.29 is 205 Å². The molecule has 0 aliphatic carbocycles. The second-order valence-electron chi connectivity index (χ2n) is 28.2. The molecule has 0 amide bonds. The maximum Gasteiger partial charge on any atom is 0.333 e. The summed E-state index contributed by atoms with van der Waals surface area (Å²) in [6.45, 7) is 6.85. The lowest BCUT2D eigenvalue weighted by Crippen LogP contribution is -2.66. The monoisotopic (exact) mass is 1650 g/mol. The number of fused-ring (bicyclic) bond motifs is 8. The molecule has 8 aliphatic rings. The van der Waals surface area contributed by atoms with Crippen LogP contribution in [0.5, 0.6) is 0 Å². The molecule has 8 saturated heterocycles. The first-order chi connectivity index (χ1) is 52.7. The van der Waals surface area contributed by atoms with Crippen molar-refractivity contribution in [1.29, 1.82) is 0 Å². The van der Waals surface area contributed by atoms with Crippen molar-refractivity contribution in [3.63, 3.8) is 0 Å². The van der Waals surface area contributed by atoms with Gasteiger partial charge in [0.2, 0.25) is 0 Å². The van der Waals surface area contributed by atoms with Crippen LogP contribution >= 0.6 is 23.5 Å². The highest BCUT2D eigenvalue weighted by Crippen LogP contribution is 2.37. The third-order valence-corrected chi connectivity index (χ3v) is 21.7. The van der Waals surface area contributed by atoms with Crippen LogP contribution in [-0.4, -0.2) is 438 Å². The minimum absolute atomic E-state index is 0.0802. The molecule has 42 nitrogen and oxygen atoms in total. The van der Waals surface area contributed by atoms with Crippen LogP contribution in [0.3, 0.4) is 0 Å². The number of aliphatic hydroxyl groups is 16. The zero-order chi connectivity index (χ0) is 81.4. The summed E-state index contributed by atoms with van der Waals surface area (Å²) < 4.78 is 126. The van der Waals surface area contributed by atoms with Crippen LogP contribution in [0.15, 0.2) is 12.2 Å². The van der Waals surface area contributed by atoms with E-state index in [0.717, 1.165) is 7.11 Å². The molecule has 0 spiro atoms. The second-order valence-corrected chi connectivity index (χ2v) is 30.5. The Morgan fingerprint density at radius 1 is 0.432 bits per heavy atom. The number of hydrogen-bond acceptors (Lipinski definition) is 44. The zero-order valence-electron chi connectivity index (χ0n) is 62.3.